The molecule has 1 aromatic rings. The van der Waals surface area contributed by atoms with Gasteiger partial charge in [-0.15, -0.1) is 11.6 Å². The lowest BCUT2D eigenvalue weighted by Crippen LogP contribution is -2.23. The Morgan fingerprint density at radius 3 is 2.32 bits per heavy atom. The van der Waals surface area contributed by atoms with Gasteiger partial charge in [-0.1, -0.05) is 53.6 Å². The maximum absolute atomic E-state index is 13.0. The van der Waals surface area contributed by atoms with Crippen LogP contribution in [0.1, 0.15) is 46.5 Å². The molecule has 1 unspecified atom stereocenters. The Morgan fingerprint density at radius 1 is 1.12 bits per heavy atom. The summed E-state index contributed by atoms with van der Waals surface area (Å²) >= 11 is 5.82. The standard InChI is InChI=1S/C21H29ClO2S/c1-17(2)9-8-10-18(3)13-14-21(19(4)15-16-22)25(23,24)20-11-6-5-7-12-20/h5-7,9,11-13,21H,4,8,10,14-16H2,1-3H3/b18-13+. The summed E-state index contributed by atoms with van der Waals surface area (Å²) in [5.74, 6) is 0.378. The number of allylic oxidation sites excluding steroid dienone is 4. The third-order valence-electron chi connectivity index (χ3n) is 4.09. The Labute approximate surface area is 158 Å². The third kappa shape index (κ3) is 7.21. The van der Waals surface area contributed by atoms with E-state index in [9.17, 15) is 8.42 Å². The van der Waals surface area contributed by atoms with Crippen molar-refractivity contribution in [1.82, 2.24) is 0 Å². The van der Waals surface area contributed by atoms with Gasteiger partial charge in [0.25, 0.3) is 0 Å². The molecule has 0 aliphatic heterocycles. The van der Waals surface area contributed by atoms with Crippen LogP contribution in [0.25, 0.3) is 0 Å². The van der Waals surface area contributed by atoms with Gasteiger partial charge in [0.2, 0.25) is 0 Å². The van der Waals surface area contributed by atoms with Crippen LogP contribution in [0.3, 0.4) is 0 Å². The highest BCUT2D eigenvalue weighted by atomic mass is 35.5. The summed E-state index contributed by atoms with van der Waals surface area (Å²) in [5.41, 5.74) is 3.17. The molecule has 0 heterocycles. The Hall–Kier alpha value is -1.32. The number of rotatable bonds is 10. The molecule has 1 rings (SSSR count). The first-order valence-electron chi connectivity index (χ1n) is 8.60. The largest absolute Gasteiger partial charge is 0.223 e. The van der Waals surface area contributed by atoms with Crippen LogP contribution in [0.2, 0.25) is 0 Å². The summed E-state index contributed by atoms with van der Waals surface area (Å²) in [7, 11) is -3.47. The first-order valence-corrected chi connectivity index (χ1v) is 10.7. The van der Waals surface area contributed by atoms with Crippen LogP contribution in [0.5, 0.6) is 0 Å². The van der Waals surface area contributed by atoms with Crippen LogP contribution in [-0.2, 0) is 9.84 Å². The van der Waals surface area contributed by atoms with Gasteiger partial charge in [0.05, 0.1) is 10.1 Å². The molecule has 0 fully saturated rings. The Kier molecular flexibility index (Phi) is 9.23. The normalized spacial score (nSPS) is 13.4. The number of benzene rings is 1. The van der Waals surface area contributed by atoms with E-state index in [2.05, 4.69) is 33.4 Å². The van der Waals surface area contributed by atoms with Gasteiger partial charge in [-0.2, -0.15) is 0 Å². The molecule has 0 aliphatic carbocycles. The van der Waals surface area contributed by atoms with Gasteiger partial charge >= 0.3 is 0 Å². The van der Waals surface area contributed by atoms with Crippen LogP contribution in [0, 0.1) is 0 Å². The van der Waals surface area contributed by atoms with Gasteiger partial charge in [-0.25, -0.2) is 8.42 Å². The Morgan fingerprint density at radius 2 is 1.76 bits per heavy atom. The predicted molar refractivity (Wildman–Crippen MR) is 109 cm³/mol. The fraction of sp³-hybridized carbons (Fsp3) is 0.429. The number of hydrogen-bond acceptors (Lipinski definition) is 2. The molecule has 138 valence electrons. The fourth-order valence-electron chi connectivity index (χ4n) is 2.57. The lowest BCUT2D eigenvalue weighted by atomic mass is 10.0. The summed E-state index contributed by atoms with van der Waals surface area (Å²) in [6.07, 6.45) is 7.08. The van der Waals surface area contributed by atoms with Crippen molar-refractivity contribution in [3.8, 4) is 0 Å². The first kappa shape index (κ1) is 21.7. The van der Waals surface area contributed by atoms with Crippen molar-refractivity contribution in [1.29, 1.82) is 0 Å². The van der Waals surface area contributed by atoms with Gasteiger partial charge in [0, 0.05) is 5.88 Å². The van der Waals surface area contributed by atoms with Crippen molar-refractivity contribution in [3.05, 3.63) is 65.8 Å². The van der Waals surface area contributed by atoms with E-state index >= 15 is 0 Å². The van der Waals surface area contributed by atoms with Crippen molar-refractivity contribution in [3.63, 3.8) is 0 Å². The van der Waals surface area contributed by atoms with Crippen LogP contribution in [0.15, 0.2) is 70.7 Å². The average Bonchev–Trinajstić information content (AvgIpc) is 2.55. The van der Waals surface area contributed by atoms with Crippen LogP contribution >= 0.6 is 11.6 Å². The zero-order valence-corrected chi connectivity index (χ0v) is 17.0. The molecule has 0 amide bonds. The molecule has 2 nitrogen and oxygen atoms in total. The zero-order chi connectivity index (χ0) is 18.9. The molecule has 0 N–H and O–H groups in total. The molecule has 1 atom stereocenters. The van der Waals surface area contributed by atoms with E-state index in [-0.39, 0.29) is 0 Å². The summed E-state index contributed by atoms with van der Waals surface area (Å²) in [6, 6.07) is 8.59. The lowest BCUT2D eigenvalue weighted by molar-refractivity contribution is 0.585. The topological polar surface area (TPSA) is 34.1 Å². The van der Waals surface area contributed by atoms with E-state index in [4.69, 9.17) is 11.6 Å². The number of alkyl halides is 1. The van der Waals surface area contributed by atoms with Crippen molar-refractivity contribution in [2.45, 2.75) is 56.6 Å². The van der Waals surface area contributed by atoms with E-state index in [1.54, 1.807) is 24.3 Å². The highest BCUT2D eigenvalue weighted by Gasteiger charge is 2.28. The van der Waals surface area contributed by atoms with Gasteiger partial charge in [-0.3, -0.25) is 0 Å². The molecule has 0 saturated carbocycles. The number of sulfone groups is 1. The van der Waals surface area contributed by atoms with E-state index in [1.807, 2.05) is 12.1 Å². The quantitative estimate of drug-likeness (QED) is 0.363. The lowest BCUT2D eigenvalue weighted by Gasteiger charge is -2.19. The Bertz CT molecular complexity index is 712. The second kappa shape index (κ2) is 10.6. The van der Waals surface area contributed by atoms with Gasteiger partial charge in [-0.05, 0) is 58.6 Å². The van der Waals surface area contributed by atoms with E-state index < -0.39 is 15.1 Å². The predicted octanol–water partition coefficient (Wildman–Crippen LogP) is 6.10. The Balaban J connectivity index is 2.98. The number of hydrogen-bond donors (Lipinski definition) is 0. The molecule has 1 aromatic carbocycles. The molecule has 0 aromatic heterocycles. The van der Waals surface area contributed by atoms with E-state index in [0.717, 1.165) is 12.8 Å². The van der Waals surface area contributed by atoms with Crippen LogP contribution in [0.4, 0.5) is 0 Å². The monoisotopic (exact) mass is 380 g/mol. The summed E-state index contributed by atoms with van der Waals surface area (Å²) in [5, 5.41) is -0.632. The molecule has 0 saturated heterocycles. The highest BCUT2D eigenvalue weighted by Crippen LogP contribution is 2.26. The van der Waals surface area contributed by atoms with Crippen LogP contribution < -0.4 is 0 Å². The average molecular weight is 381 g/mol. The summed E-state index contributed by atoms with van der Waals surface area (Å²) in [6.45, 7) is 10.2. The number of halogens is 1. The SMILES string of the molecule is C=C(CCCl)C(C/C=C(\C)CCC=C(C)C)S(=O)(=O)c1ccccc1. The van der Waals surface area contributed by atoms with E-state index in [0.29, 0.717) is 29.2 Å². The molecule has 0 aliphatic rings. The summed E-state index contributed by atoms with van der Waals surface area (Å²) < 4.78 is 26.0. The smallest absolute Gasteiger partial charge is 0.185 e. The molecule has 25 heavy (non-hydrogen) atoms. The first-order chi connectivity index (χ1) is 11.8. The second-order valence-corrected chi connectivity index (χ2v) is 9.06. The van der Waals surface area contributed by atoms with Crippen molar-refractivity contribution < 1.29 is 8.42 Å². The second-order valence-electron chi connectivity index (χ2n) is 6.55. The van der Waals surface area contributed by atoms with E-state index in [1.165, 1.54) is 11.1 Å². The fourth-order valence-corrected chi connectivity index (χ4v) is 4.58. The van der Waals surface area contributed by atoms with Crippen molar-refractivity contribution >= 4 is 21.4 Å². The minimum atomic E-state index is -3.47. The minimum Gasteiger partial charge on any atom is -0.223 e. The molecule has 0 spiro atoms. The van der Waals surface area contributed by atoms with Gasteiger partial charge in [0.15, 0.2) is 9.84 Å². The zero-order valence-electron chi connectivity index (χ0n) is 15.5. The third-order valence-corrected chi connectivity index (χ3v) is 6.48. The van der Waals surface area contributed by atoms with Gasteiger partial charge in [0.1, 0.15) is 0 Å². The molecular formula is C21H29ClO2S. The van der Waals surface area contributed by atoms with Gasteiger partial charge < -0.3 is 0 Å². The maximum atomic E-state index is 13.0. The molecule has 0 bridgehead atoms. The van der Waals surface area contributed by atoms with Crippen molar-refractivity contribution in [2.24, 2.45) is 0 Å². The maximum Gasteiger partial charge on any atom is 0.185 e. The molecule has 4 heteroatoms. The van der Waals surface area contributed by atoms with Crippen LogP contribution in [-0.4, -0.2) is 19.5 Å². The minimum absolute atomic E-state index is 0.339. The van der Waals surface area contributed by atoms with Crippen molar-refractivity contribution in [2.75, 3.05) is 5.88 Å². The molecule has 0 radical (unpaired) electrons. The highest BCUT2D eigenvalue weighted by molar-refractivity contribution is 7.92. The molecular weight excluding hydrogens is 352 g/mol. The summed E-state index contributed by atoms with van der Waals surface area (Å²) in [4.78, 5) is 0.339.